The van der Waals surface area contributed by atoms with E-state index in [0.717, 1.165) is 25.6 Å². The summed E-state index contributed by atoms with van der Waals surface area (Å²) in [5.41, 5.74) is 3.09. The van der Waals surface area contributed by atoms with E-state index in [9.17, 15) is 0 Å². The van der Waals surface area contributed by atoms with Crippen LogP contribution in [0.3, 0.4) is 0 Å². The van der Waals surface area contributed by atoms with Gasteiger partial charge in [0, 0.05) is 25.2 Å². The van der Waals surface area contributed by atoms with Crippen molar-refractivity contribution in [2.75, 3.05) is 13.1 Å². The molecule has 24 heavy (non-hydrogen) atoms. The Bertz CT molecular complexity index is 680. The molecular formula is C22H28N2. The van der Waals surface area contributed by atoms with Crippen LogP contribution >= 0.6 is 0 Å². The molecule has 126 valence electrons. The molecule has 2 atom stereocenters. The maximum absolute atomic E-state index is 3.90. The smallest absolute Gasteiger partial charge is 0.0535 e. The number of hydrogen-bond acceptors (Lipinski definition) is 2. The standard InChI is InChI=1S/C22H28N2/c1-21(19-11-7-4-8-12-19)17-24(15-18-9-5-3-6-10-18)22(2,16-23-21)20-13-14-20/h3-12,20,23H,13-17H2,1-2H3. The predicted molar refractivity (Wildman–Crippen MR) is 99.8 cm³/mol. The molecule has 4 rings (SSSR count). The van der Waals surface area contributed by atoms with Crippen LogP contribution in [-0.2, 0) is 12.1 Å². The summed E-state index contributed by atoms with van der Waals surface area (Å²) >= 11 is 0. The molecular weight excluding hydrogens is 292 g/mol. The van der Waals surface area contributed by atoms with E-state index in [1.165, 1.54) is 24.0 Å². The summed E-state index contributed by atoms with van der Waals surface area (Å²) in [7, 11) is 0. The highest BCUT2D eigenvalue weighted by molar-refractivity contribution is 5.27. The summed E-state index contributed by atoms with van der Waals surface area (Å²) < 4.78 is 0. The molecule has 2 fully saturated rings. The molecule has 2 heteroatoms. The zero-order chi connectivity index (χ0) is 16.6. The van der Waals surface area contributed by atoms with E-state index in [1.807, 2.05) is 0 Å². The van der Waals surface area contributed by atoms with Crippen molar-refractivity contribution >= 4 is 0 Å². The van der Waals surface area contributed by atoms with Crippen molar-refractivity contribution < 1.29 is 0 Å². The van der Waals surface area contributed by atoms with E-state index in [1.54, 1.807) is 0 Å². The highest BCUT2D eigenvalue weighted by Gasteiger charge is 2.50. The van der Waals surface area contributed by atoms with Gasteiger partial charge in [-0.2, -0.15) is 0 Å². The van der Waals surface area contributed by atoms with Crippen LogP contribution in [0.1, 0.15) is 37.8 Å². The van der Waals surface area contributed by atoms with Gasteiger partial charge in [-0.1, -0.05) is 60.7 Å². The third kappa shape index (κ3) is 2.89. The number of nitrogens with zero attached hydrogens (tertiary/aromatic N) is 1. The second-order valence-electron chi connectivity index (χ2n) is 8.02. The summed E-state index contributed by atoms with van der Waals surface area (Å²) in [5, 5.41) is 3.90. The van der Waals surface area contributed by atoms with Gasteiger partial charge in [-0.05, 0) is 43.7 Å². The fraction of sp³-hybridized carbons (Fsp3) is 0.455. The second kappa shape index (κ2) is 6.02. The quantitative estimate of drug-likeness (QED) is 0.909. The van der Waals surface area contributed by atoms with Gasteiger partial charge in [-0.25, -0.2) is 0 Å². The first kappa shape index (κ1) is 15.9. The highest BCUT2D eigenvalue weighted by atomic mass is 15.3. The van der Waals surface area contributed by atoms with Crippen LogP contribution in [0.4, 0.5) is 0 Å². The van der Waals surface area contributed by atoms with Crippen molar-refractivity contribution in [2.45, 2.75) is 44.3 Å². The van der Waals surface area contributed by atoms with Gasteiger partial charge in [0.15, 0.2) is 0 Å². The Morgan fingerprint density at radius 1 is 0.958 bits per heavy atom. The zero-order valence-electron chi connectivity index (χ0n) is 14.8. The summed E-state index contributed by atoms with van der Waals surface area (Å²) in [5.74, 6) is 0.842. The van der Waals surface area contributed by atoms with Gasteiger partial charge < -0.3 is 5.32 Å². The van der Waals surface area contributed by atoms with Crippen LogP contribution in [0.25, 0.3) is 0 Å². The summed E-state index contributed by atoms with van der Waals surface area (Å²) in [4.78, 5) is 2.74. The molecule has 0 bridgehead atoms. The maximum Gasteiger partial charge on any atom is 0.0535 e. The topological polar surface area (TPSA) is 15.3 Å². The summed E-state index contributed by atoms with van der Waals surface area (Å²) in [6.07, 6.45) is 2.76. The average molecular weight is 320 g/mol. The van der Waals surface area contributed by atoms with Gasteiger partial charge in [0.25, 0.3) is 0 Å². The number of piperazine rings is 1. The van der Waals surface area contributed by atoms with Crippen molar-refractivity contribution in [2.24, 2.45) is 5.92 Å². The lowest BCUT2D eigenvalue weighted by Crippen LogP contribution is -2.67. The zero-order valence-corrected chi connectivity index (χ0v) is 14.8. The Hall–Kier alpha value is -1.64. The first-order chi connectivity index (χ1) is 11.6. The SMILES string of the molecule is CC1(c2ccccc2)CN(Cc2ccccc2)C(C)(C2CC2)CN1. The Morgan fingerprint density at radius 2 is 1.58 bits per heavy atom. The molecule has 2 aliphatic rings. The molecule has 0 amide bonds. The van der Waals surface area contributed by atoms with Gasteiger partial charge in [0.1, 0.15) is 0 Å². The van der Waals surface area contributed by atoms with Gasteiger partial charge in [0.2, 0.25) is 0 Å². The Labute approximate surface area is 145 Å². The van der Waals surface area contributed by atoms with E-state index < -0.39 is 0 Å². The molecule has 0 aromatic heterocycles. The number of benzene rings is 2. The normalized spacial score (nSPS) is 31.1. The van der Waals surface area contributed by atoms with E-state index in [-0.39, 0.29) is 11.1 Å². The van der Waals surface area contributed by atoms with Crippen LogP contribution in [0.15, 0.2) is 60.7 Å². The minimum absolute atomic E-state index is 0.0183. The molecule has 1 aliphatic heterocycles. The molecule has 1 saturated carbocycles. The first-order valence-electron chi connectivity index (χ1n) is 9.20. The van der Waals surface area contributed by atoms with Gasteiger partial charge in [-0.3, -0.25) is 4.90 Å². The molecule has 1 aliphatic carbocycles. The number of nitrogens with one attached hydrogen (secondary N) is 1. The third-order valence-electron chi connectivity index (χ3n) is 6.15. The van der Waals surface area contributed by atoms with Crippen LogP contribution in [0, 0.1) is 5.92 Å². The molecule has 0 radical (unpaired) electrons. The van der Waals surface area contributed by atoms with Gasteiger partial charge >= 0.3 is 0 Å². The monoisotopic (exact) mass is 320 g/mol. The molecule has 0 spiro atoms. The minimum Gasteiger partial charge on any atom is -0.305 e. The third-order valence-corrected chi connectivity index (χ3v) is 6.15. The largest absolute Gasteiger partial charge is 0.305 e. The van der Waals surface area contributed by atoms with E-state index in [2.05, 4.69) is 84.7 Å². The lowest BCUT2D eigenvalue weighted by Gasteiger charge is -2.53. The molecule has 2 aromatic carbocycles. The van der Waals surface area contributed by atoms with Crippen molar-refractivity contribution in [3.63, 3.8) is 0 Å². The highest BCUT2D eigenvalue weighted by Crippen LogP contribution is 2.46. The first-order valence-corrected chi connectivity index (χ1v) is 9.20. The van der Waals surface area contributed by atoms with Crippen LogP contribution in [-0.4, -0.2) is 23.5 Å². The lowest BCUT2D eigenvalue weighted by atomic mass is 9.81. The van der Waals surface area contributed by atoms with Crippen molar-refractivity contribution in [1.29, 1.82) is 0 Å². The maximum atomic E-state index is 3.90. The Kier molecular flexibility index (Phi) is 3.98. The molecule has 1 heterocycles. The van der Waals surface area contributed by atoms with Crippen LogP contribution < -0.4 is 5.32 Å². The second-order valence-corrected chi connectivity index (χ2v) is 8.02. The van der Waals surface area contributed by atoms with Gasteiger partial charge in [0.05, 0.1) is 5.54 Å². The van der Waals surface area contributed by atoms with Crippen molar-refractivity contribution in [3.05, 3.63) is 71.8 Å². The number of rotatable bonds is 4. The van der Waals surface area contributed by atoms with E-state index in [4.69, 9.17) is 0 Å². The Morgan fingerprint density at radius 3 is 2.21 bits per heavy atom. The predicted octanol–water partition coefficient (Wildman–Crippen LogP) is 4.18. The average Bonchev–Trinajstić information content (AvgIpc) is 3.46. The molecule has 1 saturated heterocycles. The van der Waals surface area contributed by atoms with Gasteiger partial charge in [-0.15, -0.1) is 0 Å². The Balaban J connectivity index is 1.63. The van der Waals surface area contributed by atoms with E-state index >= 15 is 0 Å². The van der Waals surface area contributed by atoms with Crippen molar-refractivity contribution in [1.82, 2.24) is 10.2 Å². The molecule has 2 unspecified atom stereocenters. The van der Waals surface area contributed by atoms with Crippen LogP contribution in [0.2, 0.25) is 0 Å². The van der Waals surface area contributed by atoms with Crippen LogP contribution in [0.5, 0.6) is 0 Å². The molecule has 2 aromatic rings. The summed E-state index contributed by atoms with van der Waals surface area (Å²) in [6, 6.07) is 21.9. The number of hydrogen-bond donors (Lipinski definition) is 1. The molecule has 2 nitrogen and oxygen atoms in total. The molecule has 1 N–H and O–H groups in total. The van der Waals surface area contributed by atoms with E-state index in [0.29, 0.717) is 0 Å². The lowest BCUT2D eigenvalue weighted by molar-refractivity contribution is -0.00174. The fourth-order valence-electron chi connectivity index (χ4n) is 4.25. The minimum atomic E-state index is 0.0183. The van der Waals surface area contributed by atoms with Crippen molar-refractivity contribution in [3.8, 4) is 0 Å². The fourth-order valence-corrected chi connectivity index (χ4v) is 4.25. The summed E-state index contributed by atoms with van der Waals surface area (Å²) in [6.45, 7) is 7.98.